The van der Waals surface area contributed by atoms with Crippen molar-refractivity contribution in [3.63, 3.8) is 0 Å². The zero-order valence-electron chi connectivity index (χ0n) is 13.7. The molecular formula is C18H23N3O3. The van der Waals surface area contributed by atoms with E-state index in [0.717, 1.165) is 31.2 Å². The van der Waals surface area contributed by atoms with Gasteiger partial charge in [-0.1, -0.05) is 56.0 Å². The monoisotopic (exact) mass is 329 g/mol. The molecule has 1 aromatic carbocycles. The molecule has 0 aromatic heterocycles. The molecule has 1 fully saturated rings. The van der Waals surface area contributed by atoms with Crippen molar-refractivity contribution in [3.05, 3.63) is 35.9 Å². The third-order valence-corrected chi connectivity index (χ3v) is 4.27. The highest BCUT2D eigenvalue weighted by Gasteiger charge is 2.40. The van der Waals surface area contributed by atoms with E-state index < -0.39 is 11.6 Å². The molecule has 6 heteroatoms. The van der Waals surface area contributed by atoms with Gasteiger partial charge in [0.15, 0.2) is 0 Å². The Morgan fingerprint density at radius 1 is 1.12 bits per heavy atom. The van der Waals surface area contributed by atoms with Crippen LogP contribution in [0.15, 0.2) is 30.3 Å². The van der Waals surface area contributed by atoms with Crippen LogP contribution >= 0.6 is 0 Å². The summed E-state index contributed by atoms with van der Waals surface area (Å²) in [7, 11) is 0. The molecule has 2 amide bonds. The first-order chi connectivity index (χ1) is 11.7. The number of alkyl carbamates (subject to hydrolysis) is 1. The van der Waals surface area contributed by atoms with Crippen molar-refractivity contribution in [1.29, 1.82) is 5.26 Å². The summed E-state index contributed by atoms with van der Waals surface area (Å²) in [4.78, 5) is 24.7. The van der Waals surface area contributed by atoms with Gasteiger partial charge in [-0.25, -0.2) is 4.79 Å². The minimum atomic E-state index is -0.985. The predicted molar refractivity (Wildman–Crippen MR) is 88.8 cm³/mol. The van der Waals surface area contributed by atoms with Gasteiger partial charge in [-0.2, -0.15) is 5.26 Å². The van der Waals surface area contributed by atoms with E-state index in [1.165, 1.54) is 0 Å². The molecule has 0 unspecified atom stereocenters. The van der Waals surface area contributed by atoms with E-state index in [2.05, 4.69) is 10.6 Å². The lowest BCUT2D eigenvalue weighted by atomic mass is 9.89. The van der Waals surface area contributed by atoms with Crippen LogP contribution < -0.4 is 10.6 Å². The van der Waals surface area contributed by atoms with Crippen LogP contribution in [-0.4, -0.2) is 24.1 Å². The van der Waals surface area contributed by atoms with Crippen molar-refractivity contribution < 1.29 is 14.3 Å². The zero-order chi connectivity index (χ0) is 17.3. The van der Waals surface area contributed by atoms with Crippen molar-refractivity contribution in [3.8, 4) is 6.07 Å². The van der Waals surface area contributed by atoms with Crippen LogP contribution in [0.2, 0.25) is 0 Å². The van der Waals surface area contributed by atoms with Crippen molar-refractivity contribution in [2.45, 2.75) is 50.7 Å². The average Bonchev–Trinajstić information content (AvgIpc) is 2.85. The fourth-order valence-corrected chi connectivity index (χ4v) is 2.98. The molecule has 128 valence electrons. The molecule has 24 heavy (non-hydrogen) atoms. The minimum absolute atomic E-state index is 0.0681. The first kappa shape index (κ1) is 17.8. The van der Waals surface area contributed by atoms with E-state index >= 15 is 0 Å². The van der Waals surface area contributed by atoms with E-state index in [9.17, 15) is 9.59 Å². The number of hydrogen-bond donors (Lipinski definition) is 2. The van der Waals surface area contributed by atoms with Gasteiger partial charge >= 0.3 is 6.09 Å². The lowest BCUT2D eigenvalue weighted by Crippen LogP contribution is -2.58. The van der Waals surface area contributed by atoms with Crippen LogP contribution in [0.5, 0.6) is 0 Å². The molecule has 0 bridgehead atoms. The highest BCUT2D eigenvalue weighted by Crippen LogP contribution is 2.27. The van der Waals surface area contributed by atoms with Gasteiger partial charge in [0.2, 0.25) is 5.91 Å². The summed E-state index contributed by atoms with van der Waals surface area (Å²) in [6.45, 7) is 0.0872. The second kappa shape index (κ2) is 8.92. The van der Waals surface area contributed by atoms with Gasteiger partial charge in [0.1, 0.15) is 18.7 Å². The van der Waals surface area contributed by atoms with E-state index in [-0.39, 0.29) is 19.1 Å². The number of nitriles is 1. The van der Waals surface area contributed by atoms with E-state index in [4.69, 9.17) is 10.00 Å². The summed E-state index contributed by atoms with van der Waals surface area (Å²) in [6, 6.07) is 11.3. The molecule has 0 spiro atoms. The fourth-order valence-electron chi connectivity index (χ4n) is 2.98. The molecule has 2 N–H and O–H groups in total. The second-order valence-electron chi connectivity index (χ2n) is 6.02. The highest BCUT2D eigenvalue weighted by molar-refractivity contribution is 5.90. The molecule has 1 aromatic rings. The lowest BCUT2D eigenvalue weighted by molar-refractivity contribution is -0.127. The van der Waals surface area contributed by atoms with Crippen LogP contribution in [0.4, 0.5) is 4.79 Å². The smallest absolute Gasteiger partial charge is 0.408 e. The fraction of sp³-hybridized carbons (Fsp3) is 0.500. The molecular weight excluding hydrogens is 306 g/mol. The average molecular weight is 329 g/mol. The predicted octanol–water partition coefficient (Wildman–Crippen LogP) is 2.65. The van der Waals surface area contributed by atoms with Gasteiger partial charge in [-0.15, -0.1) is 0 Å². The summed E-state index contributed by atoms with van der Waals surface area (Å²) < 4.78 is 5.26. The Labute approximate surface area is 142 Å². The number of nitrogens with zero attached hydrogens (tertiary/aromatic N) is 1. The quantitative estimate of drug-likeness (QED) is 0.642. The number of rotatable bonds is 5. The molecule has 0 saturated heterocycles. The van der Waals surface area contributed by atoms with E-state index in [1.54, 1.807) is 0 Å². The number of amides is 2. The Morgan fingerprint density at radius 3 is 2.42 bits per heavy atom. The van der Waals surface area contributed by atoms with E-state index in [1.807, 2.05) is 36.4 Å². The van der Waals surface area contributed by atoms with Crippen LogP contribution in [0.1, 0.15) is 44.1 Å². The molecule has 0 aliphatic heterocycles. The maximum Gasteiger partial charge on any atom is 0.408 e. The maximum absolute atomic E-state index is 12.5. The van der Waals surface area contributed by atoms with Gasteiger partial charge in [0, 0.05) is 0 Å². The summed E-state index contributed by atoms with van der Waals surface area (Å²) in [5.74, 6) is -0.303. The van der Waals surface area contributed by atoms with Crippen molar-refractivity contribution in [2.24, 2.45) is 0 Å². The molecule has 1 aliphatic rings. The Morgan fingerprint density at radius 2 is 1.79 bits per heavy atom. The van der Waals surface area contributed by atoms with Gasteiger partial charge in [0.25, 0.3) is 0 Å². The highest BCUT2D eigenvalue weighted by atomic mass is 16.5. The Bertz CT molecular complexity index is 587. The van der Waals surface area contributed by atoms with Crippen molar-refractivity contribution >= 4 is 12.0 Å². The minimum Gasteiger partial charge on any atom is -0.445 e. The lowest BCUT2D eigenvalue weighted by Gasteiger charge is -2.31. The normalized spacial score (nSPS) is 16.3. The number of carbonyl (C=O) groups is 2. The summed E-state index contributed by atoms with van der Waals surface area (Å²) >= 11 is 0. The first-order valence-electron chi connectivity index (χ1n) is 8.30. The maximum atomic E-state index is 12.5. The topological polar surface area (TPSA) is 91.2 Å². The number of hydrogen-bond acceptors (Lipinski definition) is 4. The molecule has 1 saturated carbocycles. The molecule has 2 rings (SSSR count). The Hall–Kier alpha value is -2.55. The standard InChI is InChI=1S/C18H23N3O3/c19-12-13-20-16(22)18(10-6-1-2-7-11-18)21-17(23)24-14-15-8-4-3-5-9-15/h3-5,8-9H,1-2,6-7,10-11,13-14H2,(H,20,22)(H,21,23). The Balaban J connectivity index is 1.99. The van der Waals surface area contributed by atoms with Crippen LogP contribution in [-0.2, 0) is 16.1 Å². The largest absolute Gasteiger partial charge is 0.445 e. The summed E-state index contributed by atoms with van der Waals surface area (Å²) in [5, 5.41) is 14.0. The van der Waals surface area contributed by atoms with E-state index in [0.29, 0.717) is 12.8 Å². The third kappa shape index (κ3) is 4.98. The molecule has 1 aliphatic carbocycles. The van der Waals surface area contributed by atoms with Gasteiger partial charge in [-0.3, -0.25) is 4.79 Å². The van der Waals surface area contributed by atoms with Crippen LogP contribution in [0.3, 0.4) is 0 Å². The summed E-state index contributed by atoms with van der Waals surface area (Å²) in [6.07, 6.45) is 4.31. The number of ether oxygens (including phenoxy) is 1. The number of benzene rings is 1. The molecule has 6 nitrogen and oxygen atoms in total. The Kier molecular flexibility index (Phi) is 6.62. The van der Waals surface area contributed by atoms with Gasteiger partial charge in [-0.05, 0) is 18.4 Å². The number of nitrogens with one attached hydrogen (secondary N) is 2. The van der Waals surface area contributed by atoms with Crippen LogP contribution in [0.25, 0.3) is 0 Å². The SMILES string of the molecule is N#CCNC(=O)C1(NC(=O)OCc2ccccc2)CCCCCC1. The van der Waals surface area contributed by atoms with Crippen molar-refractivity contribution in [1.82, 2.24) is 10.6 Å². The van der Waals surface area contributed by atoms with Crippen molar-refractivity contribution in [2.75, 3.05) is 6.54 Å². The zero-order valence-corrected chi connectivity index (χ0v) is 13.7. The molecule has 0 atom stereocenters. The molecule has 0 radical (unpaired) electrons. The summed E-state index contributed by atoms with van der Waals surface area (Å²) in [5.41, 5.74) is -0.0994. The third-order valence-electron chi connectivity index (χ3n) is 4.27. The van der Waals surface area contributed by atoms with Gasteiger partial charge in [0.05, 0.1) is 6.07 Å². The number of carbonyl (C=O) groups excluding carboxylic acids is 2. The van der Waals surface area contributed by atoms with Crippen LogP contribution in [0, 0.1) is 11.3 Å². The second-order valence-corrected chi connectivity index (χ2v) is 6.02. The molecule has 0 heterocycles. The first-order valence-corrected chi connectivity index (χ1v) is 8.30. The van der Waals surface area contributed by atoms with Gasteiger partial charge < -0.3 is 15.4 Å².